The van der Waals surface area contributed by atoms with Crippen molar-refractivity contribution in [2.24, 2.45) is 5.73 Å². The van der Waals surface area contributed by atoms with Gasteiger partial charge in [-0.15, -0.1) is 0 Å². The van der Waals surface area contributed by atoms with E-state index in [1.54, 1.807) is 0 Å². The maximum atomic E-state index is 13.4. The fourth-order valence-corrected chi connectivity index (χ4v) is 4.12. The predicted octanol–water partition coefficient (Wildman–Crippen LogP) is 5.72. The average molecular weight is 589 g/mol. The number of nitrogens with zero attached hydrogens (tertiary/aromatic N) is 3. The van der Waals surface area contributed by atoms with Crippen molar-refractivity contribution in [2.75, 3.05) is 0 Å². The van der Waals surface area contributed by atoms with Crippen molar-refractivity contribution in [3.63, 3.8) is 0 Å². The highest BCUT2D eigenvalue weighted by Gasteiger charge is 2.37. The molecule has 15 heteroatoms. The topological polar surface area (TPSA) is 85.8 Å². The maximum absolute atomic E-state index is 13.4. The summed E-state index contributed by atoms with van der Waals surface area (Å²) < 4.78 is 120. The number of fused-ring (bicyclic) bond motifs is 1. The van der Waals surface area contributed by atoms with Crippen LogP contribution in [-0.4, -0.2) is 26.5 Å². The maximum Gasteiger partial charge on any atom is 0.416 e. The number of alkyl halides is 9. The monoisotopic (exact) mass is 589 g/mol. The molecule has 1 unspecified atom stereocenters. The van der Waals surface area contributed by atoms with Gasteiger partial charge in [0.2, 0.25) is 5.91 Å². The molecule has 0 saturated heterocycles. The number of amides is 1. The van der Waals surface area contributed by atoms with Gasteiger partial charge in [0.1, 0.15) is 11.3 Å². The number of halogens is 9. The molecule has 4 aromatic rings. The van der Waals surface area contributed by atoms with Crippen LogP contribution >= 0.6 is 0 Å². The standard InChI is InChI=1S/C26H20F9N5O/c27-24(28,29)16-4-1-3-14(7-16)10-19(36)23(41)38-12-21-39-20-5-2-6-37-22(20)40(21)13-15-8-17(25(30,31)32)11-18(9-15)26(33,34)35/h1-9,11,19H,10,12-13,36H2,(H,38,41). The minimum Gasteiger partial charge on any atom is -0.348 e. The van der Waals surface area contributed by atoms with Crippen LogP contribution in [-0.2, 0) is 42.8 Å². The summed E-state index contributed by atoms with van der Waals surface area (Å²) in [6.45, 7) is -0.849. The summed E-state index contributed by atoms with van der Waals surface area (Å²) in [5.74, 6) is -0.725. The summed E-state index contributed by atoms with van der Waals surface area (Å²) in [7, 11) is 0. The molecule has 0 aliphatic carbocycles. The molecule has 6 nitrogen and oxygen atoms in total. The number of carbonyl (C=O) groups is 1. The first-order valence-electron chi connectivity index (χ1n) is 11.8. The Kier molecular flexibility index (Phi) is 8.02. The van der Waals surface area contributed by atoms with E-state index in [9.17, 15) is 44.3 Å². The van der Waals surface area contributed by atoms with Crippen molar-refractivity contribution in [2.45, 2.75) is 44.1 Å². The van der Waals surface area contributed by atoms with Crippen molar-refractivity contribution >= 4 is 17.1 Å². The first-order valence-corrected chi connectivity index (χ1v) is 11.8. The highest BCUT2D eigenvalue weighted by Crippen LogP contribution is 2.37. The second-order valence-corrected chi connectivity index (χ2v) is 9.10. The number of carbonyl (C=O) groups excluding carboxylic acids is 1. The highest BCUT2D eigenvalue weighted by atomic mass is 19.4. The van der Waals surface area contributed by atoms with Gasteiger partial charge in [0.05, 0.1) is 35.8 Å². The van der Waals surface area contributed by atoms with Gasteiger partial charge in [0.15, 0.2) is 5.65 Å². The van der Waals surface area contributed by atoms with E-state index in [2.05, 4.69) is 15.3 Å². The molecule has 0 saturated carbocycles. The lowest BCUT2D eigenvalue weighted by Gasteiger charge is -2.16. The van der Waals surface area contributed by atoms with Gasteiger partial charge in [-0.2, -0.15) is 39.5 Å². The molecule has 0 aliphatic rings. The molecule has 2 aromatic heterocycles. The molecular formula is C26H20F9N5O. The summed E-state index contributed by atoms with van der Waals surface area (Å²) in [5, 5.41) is 2.46. The second-order valence-electron chi connectivity index (χ2n) is 9.10. The van der Waals surface area contributed by atoms with Gasteiger partial charge in [0.25, 0.3) is 0 Å². The zero-order valence-corrected chi connectivity index (χ0v) is 20.7. The van der Waals surface area contributed by atoms with Crippen LogP contribution < -0.4 is 11.1 Å². The van der Waals surface area contributed by atoms with Crippen LogP contribution in [0.25, 0.3) is 11.2 Å². The van der Waals surface area contributed by atoms with Crippen molar-refractivity contribution in [1.82, 2.24) is 19.9 Å². The Bertz CT molecular complexity index is 1530. The minimum atomic E-state index is -5.04. The molecule has 2 heterocycles. The van der Waals surface area contributed by atoms with Crippen LogP contribution in [0.15, 0.2) is 60.8 Å². The van der Waals surface area contributed by atoms with Crippen molar-refractivity contribution in [3.05, 3.63) is 94.4 Å². The van der Waals surface area contributed by atoms with E-state index in [0.29, 0.717) is 12.1 Å². The van der Waals surface area contributed by atoms with Crippen LogP contribution in [0.2, 0.25) is 0 Å². The first kappa shape index (κ1) is 29.8. The Balaban J connectivity index is 1.58. The lowest BCUT2D eigenvalue weighted by Crippen LogP contribution is -2.42. The summed E-state index contributed by atoms with van der Waals surface area (Å²) in [6, 6.07) is 7.21. The number of imidazole rings is 1. The van der Waals surface area contributed by atoms with Gasteiger partial charge in [-0.1, -0.05) is 18.2 Å². The van der Waals surface area contributed by atoms with Gasteiger partial charge in [-0.05, 0) is 53.9 Å². The molecule has 0 aliphatic heterocycles. The number of hydrogen-bond acceptors (Lipinski definition) is 4. The number of benzene rings is 2. The Morgan fingerprint density at radius 2 is 1.44 bits per heavy atom. The SMILES string of the molecule is NC(Cc1cccc(C(F)(F)F)c1)C(=O)NCc1nc2cccnc2n1Cc1cc(C(F)(F)F)cc(C(F)(F)F)c1. The Labute approximate surface area is 226 Å². The van der Waals surface area contributed by atoms with Gasteiger partial charge in [0, 0.05) is 6.20 Å². The third-order valence-electron chi connectivity index (χ3n) is 6.04. The number of aromatic nitrogens is 3. The molecule has 0 radical (unpaired) electrons. The second kappa shape index (κ2) is 11.0. The summed E-state index contributed by atoms with van der Waals surface area (Å²) in [4.78, 5) is 21.0. The minimum absolute atomic E-state index is 0.0146. The lowest BCUT2D eigenvalue weighted by molar-refractivity contribution is -0.143. The molecule has 0 spiro atoms. The van der Waals surface area contributed by atoms with Crippen LogP contribution in [0.3, 0.4) is 0 Å². The normalized spacial score (nSPS) is 13.4. The molecule has 0 bridgehead atoms. The molecule has 0 fully saturated rings. The Morgan fingerprint density at radius 3 is 2.05 bits per heavy atom. The molecule has 3 N–H and O–H groups in total. The Morgan fingerprint density at radius 1 is 0.829 bits per heavy atom. The van der Waals surface area contributed by atoms with Crippen molar-refractivity contribution < 1.29 is 44.3 Å². The van der Waals surface area contributed by atoms with Crippen LogP contribution in [0, 0.1) is 0 Å². The summed E-state index contributed by atoms with van der Waals surface area (Å²) >= 11 is 0. The number of pyridine rings is 1. The van der Waals surface area contributed by atoms with E-state index in [0.717, 1.165) is 12.1 Å². The third-order valence-corrected chi connectivity index (χ3v) is 6.04. The molecular weight excluding hydrogens is 569 g/mol. The van der Waals surface area contributed by atoms with E-state index in [4.69, 9.17) is 5.73 Å². The molecule has 41 heavy (non-hydrogen) atoms. The van der Waals surface area contributed by atoms with Crippen molar-refractivity contribution in [1.29, 1.82) is 0 Å². The lowest BCUT2D eigenvalue weighted by atomic mass is 10.0. The number of hydrogen-bond donors (Lipinski definition) is 2. The molecule has 4 rings (SSSR count). The smallest absolute Gasteiger partial charge is 0.348 e. The van der Waals surface area contributed by atoms with Gasteiger partial charge in [-0.3, -0.25) is 4.79 Å². The highest BCUT2D eigenvalue weighted by molar-refractivity contribution is 5.82. The van der Waals surface area contributed by atoms with Gasteiger partial charge < -0.3 is 15.6 Å². The van der Waals surface area contributed by atoms with Gasteiger partial charge in [-0.25, -0.2) is 9.97 Å². The fraction of sp³-hybridized carbons (Fsp3) is 0.269. The fourth-order valence-electron chi connectivity index (χ4n) is 4.12. The van der Waals surface area contributed by atoms with E-state index >= 15 is 0 Å². The summed E-state index contributed by atoms with van der Waals surface area (Å²) in [6.07, 6.45) is -13.6. The van der Waals surface area contributed by atoms with Crippen LogP contribution in [0.4, 0.5) is 39.5 Å². The zero-order valence-electron chi connectivity index (χ0n) is 20.7. The number of nitrogens with one attached hydrogen (secondary N) is 1. The molecule has 1 amide bonds. The molecule has 1 atom stereocenters. The van der Waals surface area contributed by atoms with E-state index in [1.165, 1.54) is 35.0 Å². The van der Waals surface area contributed by atoms with E-state index in [1.807, 2.05) is 0 Å². The number of rotatable bonds is 7. The molecule has 218 valence electrons. The Hall–Kier alpha value is -4.14. The predicted molar refractivity (Wildman–Crippen MR) is 128 cm³/mol. The largest absolute Gasteiger partial charge is 0.416 e. The van der Waals surface area contributed by atoms with Gasteiger partial charge >= 0.3 is 18.5 Å². The average Bonchev–Trinajstić information content (AvgIpc) is 3.22. The number of nitrogens with two attached hydrogens (primary N) is 1. The van der Waals surface area contributed by atoms with E-state index < -0.39 is 53.7 Å². The van der Waals surface area contributed by atoms with E-state index in [-0.39, 0.29) is 47.1 Å². The van der Waals surface area contributed by atoms with Crippen molar-refractivity contribution in [3.8, 4) is 0 Å². The van der Waals surface area contributed by atoms with Crippen LogP contribution in [0.1, 0.15) is 33.6 Å². The summed E-state index contributed by atoms with van der Waals surface area (Å²) in [5.41, 5.74) is 2.19. The first-order chi connectivity index (χ1) is 19.0. The zero-order chi connectivity index (χ0) is 30.2. The quantitative estimate of drug-likeness (QED) is 0.270. The molecule has 2 aromatic carbocycles. The third kappa shape index (κ3) is 7.14. The van der Waals surface area contributed by atoms with Crippen LogP contribution in [0.5, 0.6) is 0 Å².